The number of rotatable bonds is 7. The molecule has 1 aliphatic rings. The molecule has 0 spiro atoms. The molecule has 1 aromatic rings. The monoisotopic (exact) mass is 331 g/mol. The fraction of sp³-hybridized carbons (Fsp3) is 0.571. The fourth-order valence-corrected chi connectivity index (χ4v) is 3.17. The first-order chi connectivity index (χ1) is 8.69. The zero-order valence-electron chi connectivity index (χ0n) is 10.6. The van der Waals surface area contributed by atoms with Crippen LogP contribution in [0.1, 0.15) is 24.8 Å². The molecule has 1 saturated carbocycles. The summed E-state index contributed by atoms with van der Waals surface area (Å²) in [4.78, 5) is 0. The number of ether oxygens (including phenoxy) is 1. The molecule has 2 rings (SSSR count). The van der Waals surface area contributed by atoms with Gasteiger partial charge in [-0.25, -0.2) is 0 Å². The Bertz CT molecular complexity index is 407. The zero-order chi connectivity index (χ0) is 13.0. The largest absolute Gasteiger partial charge is 0.496 e. The Hall–Kier alpha value is -0.250. The van der Waals surface area contributed by atoms with Crippen molar-refractivity contribution in [2.45, 2.75) is 25.8 Å². The van der Waals surface area contributed by atoms with Crippen LogP contribution in [0.2, 0.25) is 0 Å². The van der Waals surface area contributed by atoms with E-state index in [1.807, 2.05) is 6.07 Å². The number of benzene rings is 1. The highest BCUT2D eigenvalue weighted by atomic mass is 79.9. The van der Waals surface area contributed by atoms with E-state index >= 15 is 0 Å². The molecule has 0 aliphatic heterocycles. The van der Waals surface area contributed by atoms with Crippen molar-refractivity contribution in [3.05, 3.63) is 28.2 Å². The molecule has 1 aliphatic carbocycles. The number of nitrogens with one attached hydrogen (secondary N) is 1. The summed E-state index contributed by atoms with van der Waals surface area (Å²) in [5, 5.41) is 3.53. The van der Waals surface area contributed by atoms with Crippen molar-refractivity contribution < 1.29 is 4.74 Å². The highest BCUT2D eigenvalue weighted by Gasteiger charge is 2.40. The van der Waals surface area contributed by atoms with Gasteiger partial charge in [-0.05, 0) is 58.3 Å². The second-order valence-corrected chi connectivity index (χ2v) is 6.24. The van der Waals surface area contributed by atoms with Gasteiger partial charge in [-0.3, -0.25) is 0 Å². The number of methoxy groups -OCH3 is 1. The minimum Gasteiger partial charge on any atom is -0.496 e. The average Bonchev–Trinajstić information content (AvgIpc) is 3.10. The van der Waals surface area contributed by atoms with Gasteiger partial charge in [-0.2, -0.15) is 0 Å². The maximum Gasteiger partial charge on any atom is 0.133 e. The van der Waals surface area contributed by atoms with Gasteiger partial charge in [0.05, 0.1) is 11.6 Å². The molecule has 0 atom stereocenters. The first kappa shape index (κ1) is 14.2. The van der Waals surface area contributed by atoms with Crippen LogP contribution < -0.4 is 10.1 Å². The molecule has 0 saturated heterocycles. The molecule has 1 N–H and O–H groups in total. The Morgan fingerprint density at radius 1 is 1.44 bits per heavy atom. The zero-order valence-corrected chi connectivity index (χ0v) is 13.0. The number of hydrogen-bond donors (Lipinski definition) is 1. The lowest BCUT2D eigenvalue weighted by atomic mass is 10.0. The summed E-state index contributed by atoms with van der Waals surface area (Å²) in [7, 11) is 1.68. The standard InChI is InChI=1S/C14H19BrClNO/c1-18-13-3-2-11(8-12(13)15)9-17-10-14(4-5-14)6-7-16/h2-3,8,17H,4-7,9-10H2,1H3. The summed E-state index contributed by atoms with van der Waals surface area (Å²) >= 11 is 9.33. The molecule has 100 valence electrons. The van der Waals surface area contributed by atoms with Crippen LogP contribution in [0.15, 0.2) is 22.7 Å². The third-order valence-electron chi connectivity index (χ3n) is 3.63. The van der Waals surface area contributed by atoms with Crippen molar-refractivity contribution in [3.8, 4) is 5.75 Å². The van der Waals surface area contributed by atoms with E-state index in [9.17, 15) is 0 Å². The fourth-order valence-electron chi connectivity index (χ4n) is 2.18. The molecule has 1 aromatic carbocycles. The summed E-state index contributed by atoms with van der Waals surface area (Å²) in [6.45, 7) is 1.97. The van der Waals surface area contributed by atoms with Gasteiger partial charge < -0.3 is 10.1 Å². The topological polar surface area (TPSA) is 21.3 Å². The van der Waals surface area contributed by atoms with Crippen LogP contribution in [0.25, 0.3) is 0 Å². The molecule has 0 heterocycles. The lowest BCUT2D eigenvalue weighted by molar-refractivity contribution is 0.411. The second kappa shape index (κ2) is 6.27. The minimum absolute atomic E-state index is 0.492. The summed E-state index contributed by atoms with van der Waals surface area (Å²) < 4.78 is 6.22. The van der Waals surface area contributed by atoms with E-state index in [0.717, 1.165) is 35.6 Å². The maximum atomic E-state index is 5.83. The molecule has 2 nitrogen and oxygen atoms in total. The smallest absolute Gasteiger partial charge is 0.133 e. The van der Waals surface area contributed by atoms with E-state index in [4.69, 9.17) is 16.3 Å². The Morgan fingerprint density at radius 3 is 2.78 bits per heavy atom. The van der Waals surface area contributed by atoms with E-state index in [1.54, 1.807) is 7.11 Å². The van der Waals surface area contributed by atoms with Gasteiger partial charge in [-0.1, -0.05) is 6.07 Å². The second-order valence-electron chi connectivity index (χ2n) is 5.01. The van der Waals surface area contributed by atoms with Gasteiger partial charge in [-0.15, -0.1) is 11.6 Å². The third-order valence-corrected chi connectivity index (χ3v) is 4.44. The molecule has 4 heteroatoms. The van der Waals surface area contributed by atoms with Crippen LogP contribution in [-0.4, -0.2) is 19.5 Å². The van der Waals surface area contributed by atoms with E-state index in [-0.39, 0.29) is 0 Å². The predicted octanol–water partition coefficient (Wildman–Crippen LogP) is 3.96. The van der Waals surface area contributed by atoms with Gasteiger partial charge in [0.2, 0.25) is 0 Å². The molecular formula is C14H19BrClNO. The number of hydrogen-bond acceptors (Lipinski definition) is 2. The highest BCUT2D eigenvalue weighted by molar-refractivity contribution is 9.10. The lowest BCUT2D eigenvalue weighted by Crippen LogP contribution is -2.24. The van der Waals surface area contributed by atoms with Crippen LogP contribution in [0.4, 0.5) is 0 Å². The van der Waals surface area contributed by atoms with Gasteiger partial charge in [0.15, 0.2) is 0 Å². The first-order valence-electron chi connectivity index (χ1n) is 6.28. The number of alkyl halides is 1. The van der Waals surface area contributed by atoms with E-state index in [0.29, 0.717) is 5.41 Å². The van der Waals surface area contributed by atoms with Gasteiger partial charge in [0, 0.05) is 19.0 Å². The van der Waals surface area contributed by atoms with E-state index in [2.05, 4.69) is 33.4 Å². The summed E-state index contributed by atoms with van der Waals surface area (Å²) in [5.41, 5.74) is 1.76. The molecule has 18 heavy (non-hydrogen) atoms. The van der Waals surface area contributed by atoms with Crippen LogP contribution in [-0.2, 0) is 6.54 Å². The van der Waals surface area contributed by atoms with Gasteiger partial charge in [0.1, 0.15) is 5.75 Å². The highest BCUT2D eigenvalue weighted by Crippen LogP contribution is 2.48. The summed E-state index contributed by atoms with van der Waals surface area (Å²) in [6, 6.07) is 6.19. The van der Waals surface area contributed by atoms with E-state index in [1.165, 1.54) is 18.4 Å². The molecule has 0 amide bonds. The Kier molecular flexibility index (Phi) is 4.93. The molecule has 0 bridgehead atoms. The summed E-state index contributed by atoms with van der Waals surface area (Å²) in [5.74, 6) is 1.65. The van der Waals surface area contributed by atoms with Crippen LogP contribution >= 0.6 is 27.5 Å². The van der Waals surface area contributed by atoms with E-state index < -0.39 is 0 Å². The first-order valence-corrected chi connectivity index (χ1v) is 7.61. The van der Waals surface area contributed by atoms with Crippen LogP contribution in [0.5, 0.6) is 5.75 Å². The van der Waals surface area contributed by atoms with Crippen LogP contribution in [0, 0.1) is 5.41 Å². The quantitative estimate of drug-likeness (QED) is 0.763. The SMILES string of the molecule is COc1ccc(CNCC2(CCCl)CC2)cc1Br. The Labute approximate surface area is 122 Å². The van der Waals surface area contributed by atoms with Gasteiger partial charge in [0.25, 0.3) is 0 Å². The molecule has 0 aromatic heterocycles. The minimum atomic E-state index is 0.492. The summed E-state index contributed by atoms with van der Waals surface area (Å²) in [6.07, 6.45) is 3.77. The lowest BCUT2D eigenvalue weighted by Gasteiger charge is -2.14. The molecule has 0 radical (unpaired) electrons. The Morgan fingerprint density at radius 2 is 2.22 bits per heavy atom. The van der Waals surface area contributed by atoms with Crippen molar-refractivity contribution in [1.29, 1.82) is 0 Å². The average molecular weight is 333 g/mol. The third kappa shape index (κ3) is 3.62. The molecular weight excluding hydrogens is 314 g/mol. The normalized spacial score (nSPS) is 16.6. The van der Waals surface area contributed by atoms with Crippen molar-refractivity contribution in [1.82, 2.24) is 5.32 Å². The van der Waals surface area contributed by atoms with Crippen LogP contribution in [0.3, 0.4) is 0 Å². The van der Waals surface area contributed by atoms with Crippen molar-refractivity contribution in [2.24, 2.45) is 5.41 Å². The van der Waals surface area contributed by atoms with Crippen molar-refractivity contribution in [2.75, 3.05) is 19.5 Å². The Balaban J connectivity index is 1.82. The van der Waals surface area contributed by atoms with Crippen molar-refractivity contribution in [3.63, 3.8) is 0 Å². The van der Waals surface area contributed by atoms with Crippen molar-refractivity contribution >= 4 is 27.5 Å². The number of halogens is 2. The predicted molar refractivity (Wildman–Crippen MR) is 79.4 cm³/mol. The maximum absolute atomic E-state index is 5.83. The van der Waals surface area contributed by atoms with Gasteiger partial charge >= 0.3 is 0 Å². The molecule has 1 fully saturated rings. The molecule has 0 unspecified atom stereocenters.